The van der Waals surface area contributed by atoms with Crippen LogP contribution in [0, 0.1) is 6.92 Å². The zero-order valence-electron chi connectivity index (χ0n) is 16.7. The van der Waals surface area contributed by atoms with Gasteiger partial charge in [-0.25, -0.2) is 9.88 Å². The molecule has 1 aromatic heterocycles. The second-order valence-electron chi connectivity index (χ2n) is 7.49. The van der Waals surface area contributed by atoms with E-state index in [1.54, 1.807) is 17.4 Å². The first-order chi connectivity index (χ1) is 15.0. The van der Waals surface area contributed by atoms with Gasteiger partial charge in [0.2, 0.25) is 11.8 Å². The van der Waals surface area contributed by atoms with Crippen LogP contribution >= 0.6 is 23.1 Å². The third kappa shape index (κ3) is 3.82. The van der Waals surface area contributed by atoms with Gasteiger partial charge in [0.1, 0.15) is 5.01 Å². The molecule has 1 saturated heterocycles. The summed E-state index contributed by atoms with van der Waals surface area (Å²) < 4.78 is 1.14. The fraction of sp³-hybridized carbons (Fsp3) is 0.125. The van der Waals surface area contributed by atoms with Crippen molar-refractivity contribution in [1.29, 1.82) is 0 Å². The topological polar surface area (TPSA) is 76.3 Å². The maximum absolute atomic E-state index is 13.0. The fourth-order valence-electron chi connectivity index (χ4n) is 3.63. The fourth-order valence-corrected chi connectivity index (χ4v) is 5.82. The van der Waals surface area contributed by atoms with E-state index in [1.807, 2.05) is 48.5 Å². The molecule has 1 aliphatic heterocycles. The number of benzene rings is 3. The van der Waals surface area contributed by atoms with Gasteiger partial charge in [0, 0.05) is 22.6 Å². The average Bonchev–Trinajstić information content (AvgIpc) is 3.28. The normalized spacial score (nSPS) is 16.4. The van der Waals surface area contributed by atoms with E-state index in [0.717, 1.165) is 25.7 Å². The lowest BCUT2D eigenvalue weighted by Gasteiger charge is -2.15. The molecule has 0 radical (unpaired) electrons. The van der Waals surface area contributed by atoms with Crippen molar-refractivity contribution in [3.05, 3.63) is 72.3 Å². The Hall–Kier alpha value is -3.16. The minimum atomic E-state index is -0.443. The SMILES string of the molecule is Cc1ccc2nc(-c3ccc(N4C(=O)CC(Sc5cccc(N)c5)C4=O)cc3)sc2c1. The molecule has 1 unspecified atom stereocenters. The Kier molecular flexibility index (Phi) is 5.00. The van der Waals surface area contributed by atoms with E-state index in [2.05, 4.69) is 19.1 Å². The van der Waals surface area contributed by atoms with Crippen LogP contribution in [-0.4, -0.2) is 22.0 Å². The van der Waals surface area contributed by atoms with E-state index in [-0.39, 0.29) is 18.2 Å². The number of aromatic nitrogens is 1. The lowest BCUT2D eigenvalue weighted by molar-refractivity contribution is -0.121. The number of aryl methyl sites for hydroxylation is 1. The summed E-state index contributed by atoms with van der Waals surface area (Å²) in [7, 11) is 0. The molecule has 0 spiro atoms. The third-order valence-electron chi connectivity index (χ3n) is 5.16. The van der Waals surface area contributed by atoms with Crippen molar-refractivity contribution in [3.8, 4) is 10.6 Å². The van der Waals surface area contributed by atoms with Gasteiger partial charge in [-0.3, -0.25) is 9.59 Å². The maximum atomic E-state index is 13.0. The lowest BCUT2D eigenvalue weighted by Crippen LogP contribution is -2.31. The summed E-state index contributed by atoms with van der Waals surface area (Å²) in [6.07, 6.45) is 0.178. The number of nitrogen functional groups attached to an aromatic ring is 1. The van der Waals surface area contributed by atoms with Crippen LogP contribution in [0.15, 0.2) is 71.6 Å². The number of fused-ring (bicyclic) bond motifs is 1. The van der Waals surface area contributed by atoms with E-state index in [0.29, 0.717) is 11.4 Å². The van der Waals surface area contributed by atoms with Crippen molar-refractivity contribution in [1.82, 2.24) is 4.98 Å². The number of nitrogens with two attached hydrogens (primary N) is 1. The molecule has 154 valence electrons. The van der Waals surface area contributed by atoms with E-state index in [4.69, 9.17) is 10.7 Å². The molecule has 1 aliphatic rings. The Balaban J connectivity index is 1.37. The van der Waals surface area contributed by atoms with Crippen LogP contribution in [0.3, 0.4) is 0 Å². The van der Waals surface area contributed by atoms with E-state index >= 15 is 0 Å². The van der Waals surface area contributed by atoms with Gasteiger partial charge >= 0.3 is 0 Å². The average molecular weight is 446 g/mol. The minimum Gasteiger partial charge on any atom is -0.399 e. The number of amides is 2. The summed E-state index contributed by atoms with van der Waals surface area (Å²) in [6, 6.07) is 21.0. The highest BCUT2D eigenvalue weighted by Crippen LogP contribution is 2.36. The Labute approximate surface area is 187 Å². The van der Waals surface area contributed by atoms with Gasteiger partial charge in [0.05, 0.1) is 21.2 Å². The van der Waals surface area contributed by atoms with Crippen LogP contribution in [0.2, 0.25) is 0 Å². The molecule has 31 heavy (non-hydrogen) atoms. The van der Waals surface area contributed by atoms with E-state index in [9.17, 15) is 9.59 Å². The molecule has 4 aromatic rings. The molecule has 0 saturated carbocycles. The summed E-state index contributed by atoms with van der Waals surface area (Å²) in [5.74, 6) is -0.379. The molecule has 0 aliphatic carbocycles. The molecule has 1 atom stereocenters. The zero-order valence-corrected chi connectivity index (χ0v) is 18.4. The van der Waals surface area contributed by atoms with Crippen molar-refractivity contribution in [2.24, 2.45) is 0 Å². The Morgan fingerprint density at radius 2 is 1.87 bits per heavy atom. The van der Waals surface area contributed by atoms with Crippen LogP contribution in [0.1, 0.15) is 12.0 Å². The molecular weight excluding hydrogens is 426 g/mol. The van der Waals surface area contributed by atoms with Gasteiger partial charge in [-0.05, 0) is 67.1 Å². The van der Waals surface area contributed by atoms with Crippen molar-refractivity contribution in [2.75, 3.05) is 10.6 Å². The first-order valence-corrected chi connectivity index (χ1v) is 11.5. The van der Waals surface area contributed by atoms with Gasteiger partial charge in [0.25, 0.3) is 0 Å². The number of hydrogen-bond acceptors (Lipinski definition) is 6. The van der Waals surface area contributed by atoms with Crippen molar-refractivity contribution < 1.29 is 9.59 Å². The predicted molar refractivity (Wildman–Crippen MR) is 127 cm³/mol. The summed E-state index contributed by atoms with van der Waals surface area (Å²) in [4.78, 5) is 32.4. The first-order valence-electron chi connectivity index (χ1n) is 9.84. The molecule has 3 aromatic carbocycles. The number of imide groups is 1. The van der Waals surface area contributed by atoms with Gasteiger partial charge in [-0.2, -0.15) is 0 Å². The zero-order chi connectivity index (χ0) is 21.5. The summed E-state index contributed by atoms with van der Waals surface area (Å²) in [5, 5.41) is 0.475. The maximum Gasteiger partial charge on any atom is 0.247 e. The second-order valence-corrected chi connectivity index (χ2v) is 9.79. The third-order valence-corrected chi connectivity index (χ3v) is 7.40. The van der Waals surface area contributed by atoms with Crippen LogP contribution in [0.5, 0.6) is 0 Å². The number of thioether (sulfide) groups is 1. The standard InChI is InChI=1S/C24H19N3O2S2/c1-14-5-10-19-20(11-14)31-23(26-19)15-6-8-17(9-7-15)27-22(28)13-21(24(27)29)30-18-4-2-3-16(25)12-18/h2-12,21H,13,25H2,1H3. The number of carbonyl (C=O) groups excluding carboxylic acids is 2. The highest BCUT2D eigenvalue weighted by Gasteiger charge is 2.40. The van der Waals surface area contributed by atoms with Crippen LogP contribution < -0.4 is 10.6 Å². The van der Waals surface area contributed by atoms with Gasteiger partial charge in [0.15, 0.2) is 0 Å². The molecular formula is C24H19N3O2S2. The number of thiazole rings is 1. The first kappa shape index (κ1) is 19.8. The predicted octanol–water partition coefficient (Wildman–Crippen LogP) is 5.28. The lowest BCUT2D eigenvalue weighted by atomic mass is 10.2. The largest absolute Gasteiger partial charge is 0.399 e. The number of carbonyl (C=O) groups is 2. The monoisotopic (exact) mass is 445 g/mol. The summed E-state index contributed by atoms with van der Waals surface area (Å²) in [5.41, 5.74) is 10.2. The Morgan fingerprint density at radius 1 is 1.06 bits per heavy atom. The molecule has 2 heterocycles. The molecule has 5 rings (SSSR count). The van der Waals surface area contributed by atoms with Gasteiger partial charge < -0.3 is 5.73 Å². The molecule has 0 bridgehead atoms. The highest BCUT2D eigenvalue weighted by molar-refractivity contribution is 8.00. The quantitative estimate of drug-likeness (QED) is 0.342. The summed E-state index contributed by atoms with van der Waals surface area (Å²) in [6.45, 7) is 2.07. The van der Waals surface area contributed by atoms with E-state index in [1.165, 1.54) is 22.2 Å². The van der Waals surface area contributed by atoms with Crippen LogP contribution in [0.4, 0.5) is 11.4 Å². The second kappa shape index (κ2) is 7.83. The molecule has 2 N–H and O–H groups in total. The number of hydrogen-bond donors (Lipinski definition) is 1. The molecule has 1 fully saturated rings. The van der Waals surface area contributed by atoms with Crippen molar-refractivity contribution in [2.45, 2.75) is 23.5 Å². The Morgan fingerprint density at radius 3 is 2.65 bits per heavy atom. The van der Waals surface area contributed by atoms with Crippen molar-refractivity contribution >= 4 is 56.5 Å². The highest BCUT2D eigenvalue weighted by atomic mass is 32.2. The summed E-state index contributed by atoms with van der Waals surface area (Å²) >= 11 is 3.01. The number of rotatable bonds is 4. The number of nitrogens with zero attached hydrogens (tertiary/aromatic N) is 2. The minimum absolute atomic E-state index is 0.178. The van der Waals surface area contributed by atoms with Gasteiger partial charge in [-0.1, -0.05) is 12.1 Å². The Bertz CT molecular complexity index is 1310. The molecule has 7 heteroatoms. The van der Waals surface area contributed by atoms with Crippen LogP contribution in [0.25, 0.3) is 20.8 Å². The molecule has 5 nitrogen and oxygen atoms in total. The number of anilines is 2. The van der Waals surface area contributed by atoms with E-state index < -0.39 is 5.25 Å². The van der Waals surface area contributed by atoms with Crippen molar-refractivity contribution in [3.63, 3.8) is 0 Å². The smallest absolute Gasteiger partial charge is 0.247 e. The van der Waals surface area contributed by atoms with Gasteiger partial charge in [-0.15, -0.1) is 23.1 Å². The molecule has 2 amide bonds. The van der Waals surface area contributed by atoms with Crippen LogP contribution in [-0.2, 0) is 9.59 Å².